The number of hydrogen-bond donors (Lipinski definition) is 2. The summed E-state index contributed by atoms with van der Waals surface area (Å²) in [5, 5.41) is 1.43. The van der Waals surface area contributed by atoms with Crippen molar-refractivity contribution in [2.24, 2.45) is 0 Å². The van der Waals surface area contributed by atoms with E-state index >= 15 is 0 Å². The predicted octanol–water partition coefficient (Wildman–Crippen LogP) is -0.543. The molecule has 1 aromatic carbocycles. The quantitative estimate of drug-likeness (QED) is 0.490. The molecule has 0 aliphatic heterocycles. The van der Waals surface area contributed by atoms with Gasteiger partial charge in [-0.25, -0.2) is 0 Å². The van der Waals surface area contributed by atoms with Crippen LogP contribution in [0.25, 0.3) is 0 Å². The first-order valence-corrected chi connectivity index (χ1v) is 5.05. The van der Waals surface area contributed by atoms with Gasteiger partial charge in [-0.05, 0) is 24.3 Å². The second-order valence-corrected chi connectivity index (χ2v) is 3.65. The molecule has 0 aliphatic carbocycles. The van der Waals surface area contributed by atoms with Gasteiger partial charge in [0.1, 0.15) is 0 Å². The molecule has 0 fully saturated rings. The Balaban J connectivity index is -0.000000185. The van der Waals surface area contributed by atoms with Gasteiger partial charge in [-0.3, -0.25) is 9.11 Å². The molecule has 0 unspecified atom stereocenters. The monoisotopic (exact) mass is 268 g/mol. The van der Waals surface area contributed by atoms with E-state index in [2.05, 4.69) is 0 Å². The molecule has 1 rings (SSSR count). The summed E-state index contributed by atoms with van der Waals surface area (Å²) in [4.78, 5) is 0. The molecule has 8 heteroatoms. The van der Waals surface area contributed by atoms with Crippen molar-refractivity contribution < 1.29 is 48.5 Å². The van der Waals surface area contributed by atoms with Crippen LogP contribution in [0.4, 0.5) is 0 Å². The fourth-order valence-electron chi connectivity index (χ4n) is 0.430. The van der Waals surface area contributed by atoms with Gasteiger partial charge in [0.05, 0.1) is 0 Å². The summed E-state index contributed by atoms with van der Waals surface area (Å²) in [6.07, 6.45) is 0. The SMILES string of the molecule is Clc1ccc(Cl)cc1.O=S(=O)(O)O.[H-].[Na+]. The van der Waals surface area contributed by atoms with Crippen LogP contribution in [0.3, 0.4) is 0 Å². The molecule has 0 amide bonds. The van der Waals surface area contributed by atoms with Crippen molar-refractivity contribution >= 4 is 33.6 Å². The Kier molecular flexibility index (Phi) is 9.63. The first-order valence-electron chi connectivity index (χ1n) is 2.90. The van der Waals surface area contributed by atoms with Crippen LogP contribution in [-0.2, 0) is 10.4 Å². The van der Waals surface area contributed by atoms with Crippen LogP contribution in [0.15, 0.2) is 24.3 Å². The van der Waals surface area contributed by atoms with Gasteiger partial charge in [0.25, 0.3) is 0 Å². The molecule has 0 aliphatic rings. The molecule has 0 aromatic heterocycles. The molecule has 14 heavy (non-hydrogen) atoms. The van der Waals surface area contributed by atoms with Gasteiger partial charge in [-0.2, -0.15) is 8.42 Å². The van der Waals surface area contributed by atoms with Gasteiger partial charge in [-0.15, -0.1) is 0 Å². The number of hydrogen-bond acceptors (Lipinski definition) is 2. The Labute approximate surface area is 116 Å². The van der Waals surface area contributed by atoms with Crippen LogP contribution in [0, 0.1) is 0 Å². The zero-order valence-electron chi connectivity index (χ0n) is 8.18. The van der Waals surface area contributed by atoms with E-state index in [-0.39, 0.29) is 31.0 Å². The van der Waals surface area contributed by atoms with E-state index < -0.39 is 10.4 Å². The largest absolute Gasteiger partial charge is 1.00 e. The minimum absolute atomic E-state index is 0. The van der Waals surface area contributed by atoms with Gasteiger partial charge in [0, 0.05) is 10.0 Å². The van der Waals surface area contributed by atoms with Crippen LogP contribution in [0.2, 0.25) is 10.0 Å². The standard InChI is InChI=1S/C6H4Cl2.Na.H2O4S.H/c7-5-1-2-6(8)4-3-5;;1-5(2,3)4;/h1-4H;;(H2,1,2,3,4);/q;+1;;-1. The maximum Gasteiger partial charge on any atom is 1.00 e. The molecule has 76 valence electrons. The van der Waals surface area contributed by atoms with E-state index in [0.29, 0.717) is 0 Å². The van der Waals surface area contributed by atoms with Crippen molar-refractivity contribution in [3.63, 3.8) is 0 Å². The number of halogens is 2. The van der Waals surface area contributed by atoms with Crippen molar-refractivity contribution in [2.75, 3.05) is 0 Å². The summed E-state index contributed by atoms with van der Waals surface area (Å²) < 4.78 is 31.6. The maximum atomic E-state index is 8.74. The zero-order chi connectivity index (χ0) is 10.5. The molecule has 0 saturated carbocycles. The third kappa shape index (κ3) is 15.2. The van der Waals surface area contributed by atoms with Crippen LogP contribution in [0.1, 0.15) is 1.43 Å². The Morgan fingerprint density at radius 2 is 1.14 bits per heavy atom. The molecule has 0 radical (unpaired) electrons. The van der Waals surface area contributed by atoms with E-state index in [9.17, 15) is 0 Å². The second-order valence-electron chi connectivity index (χ2n) is 1.88. The Hall–Kier alpha value is 0.670. The van der Waals surface area contributed by atoms with E-state index in [1.165, 1.54) is 0 Å². The Morgan fingerprint density at radius 3 is 1.29 bits per heavy atom. The van der Waals surface area contributed by atoms with Crippen molar-refractivity contribution in [2.45, 2.75) is 0 Å². The first-order chi connectivity index (χ1) is 5.79. The van der Waals surface area contributed by atoms with E-state index in [1.54, 1.807) is 24.3 Å². The molecule has 0 saturated heterocycles. The van der Waals surface area contributed by atoms with Crippen molar-refractivity contribution in [1.29, 1.82) is 0 Å². The Bertz CT molecular complexity index is 327. The van der Waals surface area contributed by atoms with Crippen molar-refractivity contribution in [3.8, 4) is 0 Å². The predicted molar refractivity (Wildman–Crippen MR) is 51.8 cm³/mol. The summed E-state index contributed by atoms with van der Waals surface area (Å²) in [6, 6.07) is 7.02. The van der Waals surface area contributed by atoms with Gasteiger partial charge in [0.15, 0.2) is 0 Å². The van der Waals surface area contributed by atoms with Gasteiger partial charge in [0.2, 0.25) is 0 Å². The fraction of sp³-hybridized carbons (Fsp3) is 0. The van der Waals surface area contributed by atoms with E-state index in [0.717, 1.165) is 10.0 Å². The summed E-state index contributed by atoms with van der Waals surface area (Å²) >= 11 is 11.1. The van der Waals surface area contributed by atoms with Crippen LogP contribution < -0.4 is 29.6 Å². The molecule has 1 aromatic rings. The van der Waals surface area contributed by atoms with Gasteiger partial charge in [-0.1, -0.05) is 23.2 Å². The molecule has 0 atom stereocenters. The third-order valence-electron chi connectivity index (χ3n) is 0.804. The Morgan fingerprint density at radius 1 is 1.00 bits per heavy atom. The van der Waals surface area contributed by atoms with Gasteiger partial charge >= 0.3 is 40.0 Å². The molecule has 4 nitrogen and oxygen atoms in total. The molecule has 0 heterocycles. The van der Waals surface area contributed by atoms with Crippen molar-refractivity contribution in [1.82, 2.24) is 0 Å². The fourth-order valence-corrected chi connectivity index (χ4v) is 0.682. The summed E-state index contributed by atoms with van der Waals surface area (Å²) in [5.41, 5.74) is 0. The second kappa shape index (κ2) is 7.90. The minimum atomic E-state index is -4.67. The van der Waals surface area contributed by atoms with Crippen LogP contribution >= 0.6 is 23.2 Å². The normalized spacial score (nSPS) is 9.43. The first kappa shape index (κ1) is 17.1. The number of rotatable bonds is 0. The molecular formula is C6H7Cl2NaO4S. The van der Waals surface area contributed by atoms with Crippen LogP contribution in [0.5, 0.6) is 0 Å². The van der Waals surface area contributed by atoms with Gasteiger partial charge < -0.3 is 1.43 Å². The van der Waals surface area contributed by atoms with E-state index in [4.69, 9.17) is 40.7 Å². The maximum absolute atomic E-state index is 8.74. The zero-order valence-corrected chi connectivity index (χ0v) is 11.5. The van der Waals surface area contributed by atoms with E-state index in [1.807, 2.05) is 0 Å². The summed E-state index contributed by atoms with van der Waals surface area (Å²) in [5.74, 6) is 0. The molecule has 0 bridgehead atoms. The number of benzene rings is 1. The summed E-state index contributed by atoms with van der Waals surface area (Å²) in [7, 11) is -4.67. The third-order valence-corrected chi connectivity index (χ3v) is 1.31. The molecule has 2 N–H and O–H groups in total. The smallest absolute Gasteiger partial charge is 1.00 e. The van der Waals surface area contributed by atoms with Crippen LogP contribution in [-0.4, -0.2) is 17.5 Å². The topological polar surface area (TPSA) is 74.6 Å². The van der Waals surface area contributed by atoms with Crippen molar-refractivity contribution in [3.05, 3.63) is 34.3 Å². The average Bonchev–Trinajstić information content (AvgIpc) is 1.92. The molecular weight excluding hydrogens is 262 g/mol. The minimum Gasteiger partial charge on any atom is -1.00 e. The average molecular weight is 269 g/mol. The summed E-state index contributed by atoms with van der Waals surface area (Å²) in [6.45, 7) is 0. The molecule has 0 spiro atoms.